The van der Waals surface area contributed by atoms with Gasteiger partial charge in [-0.1, -0.05) is 71.6 Å². The van der Waals surface area contributed by atoms with Crippen molar-refractivity contribution in [2.24, 2.45) is 0 Å². The molecule has 0 aliphatic heterocycles. The molecule has 0 bridgehead atoms. The maximum Gasteiger partial charge on any atom is 0.229 e. The van der Waals surface area contributed by atoms with Gasteiger partial charge in [0.1, 0.15) is 5.03 Å². The van der Waals surface area contributed by atoms with E-state index in [-0.39, 0.29) is 17.1 Å². The summed E-state index contributed by atoms with van der Waals surface area (Å²) in [6.45, 7) is 4.41. The number of unbranched alkanes of at least 4 members (excludes halogenated alkanes) is 8. The molecule has 0 saturated heterocycles. The Balaban J connectivity index is 2.66. The third-order valence-corrected chi connectivity index (χ3v) is 6.79. The van der Waals surface area contributed by atoms with Gasteiger partial charge in [0.05, 0.1) is 17.9 Å². The fourth-order valence-corrected chi connectivity index (χ4v) is 5.00. The Morgan fingerprint density at radius 2 is 1.67 bits per heavy atom. The van der Waals surface area contributed by atoms with E-state index in [0.29, 0.717) is 12.3 Å². The van der Waals surface area contributed by atoms with E-state index in [2.05, 4.69) is 28.5 Å². The summed E-state index contributed by atoms with van der Waals surface area (Å²) in [6, 6.07) is 0. The molecule has 1 aromatic heterocycles. The van der Waals surface area contributed by atoms with Crippen LogP contribution in [0.15, 0.2) is 5.03 Å². The lowest BCUT2D eigenvalue weighted by molar-refractivity contribution is -0.119. The number of amides is 1. The second-order valence-corrected chi connectivity index (χ2v) is 9.32. The van der Waals surface area contributed by atoms with Crippen LogP contribution in [0.2, 0.25) is 0 Å². The summed E-state index contributed by atoms with van der Waals surface area (Å²) in [5.74, 6) is 0.803. The van der Waals surface area contributed by atoms with Crippen LogP contribution in [0.25, 0.3) is 0 Å². The summed E-state index contributed by atoms with van der Waals surface area (Å²) >= 11 is 2.99. The average Bonchev–Trinajstić information content (AvgIpc) is 2.75. The molecule has 0 fully saturated rings. The number of carbonyl (C=O) groups excluding carboxylic acids is 1. The number of methoxy groups -OCH3 is 1. The lowest BCUT2D eigenvalue weighted by Gasteiger charge is -2.21. The molecule has 0 spiro atoms. The van der Waals surface area contributed by atoms with Crippen molar-refractivity contribution in [3.8, 4) is 5.88 Å². The number of nitrogen functional groups attached to an aromatic ring is 1. The van der Waals surface area contributed by atoms with E-state index in [1.54, 1.807) is 7.11 Å². The molecule has 172 valence electrons. The van der Waals surface area contributed by atoms with Crippen LogP contribution >= 0.6 is 23.7 Å². The van der Waals surface area contributed by atoms with Gasteiger partial charge in [-0.05, 0) is 31.0 Å². The van der Waals surface area contributed by atoms with Crippen molar-refractivity contribution in [2.45, 2.75) is 101 Å². The van der Waals surface area contributed by atoms with Crippen LogP contribution in [-0.2, 0) is 4.79 Å². The maximum absolute atomic E-state index is 12.4. The van der Waals surface area contributed by atoms with E-state index in [0.717, 1.165) is 49.1 Å². The standard InChI is InChI=1S/C22H40N4O2S2/c1-5-7-9-10-11-12-14-16-18(27)26-30-17(15-13-8-6-2)19-20(28-3)24-22(23)25-21(19)29-4/h17H,5-16H2,1-4H3,(H,26,27)(H2,23,24,25). The molecule has 0 aromatic carbocycles. The summed E-state index contributed by atoms with van der Waals surface area (Å²) in [5, 5.41) is 0.849. The summed E-state index contributed by atoms with van der Waals surface area (Å²) in [7, 11) is 1.60. The highest BCUT2D eigenvalue weighted by molar-refractivity contribution is 7.99. The van der Waals surface area contributed by atoms with Crippen LogP contribution in [0, 0.1) is 0 Å². The Morgan fingerprint density at radius 1 is 1.03 bits per heavy atom. The molecule has 0 aliphatic carbocycles. The largest absolute Gasteiger partial charge is 0.481 e. The second kappa shape index (κ2) is 16.5. The van der Waals surface area contributed by atoms with E-state index in [4.69, 9.17) is 10.5 Å². The first-order valence-electron chi connectivity index (χ1n) is 11.3. The van der Waals surface area contributed by atoms with Crippen LogP contribution in [0.5, 0.6) is 5.88 Å². The number of nitrogens with zero attached hydrogens (tertiary/aromatic N) is 2. The van der Waals surface area contributed by atoms with Gasteiger partial charge < -0.3 is 10.5 Å². The predicted molar refractivity (Wildman–Crippen MR) is 130 cm³/mol. The topological polar surface area (TPSA) is 90.1 Å². The van der Waals surface area contributed by atoms with Crippen molar-refractivity contribution in [3.63, 3.8) is 0 Å². The normalized spacial score (nSPS) is 12.0. The number of rotatable bonds is 17. The molecule has 1 unspecified atom stereocenters. The average molecular weight is 457 g/mol. The maximum atomic E-state index is 12.4. The number of ether oxygens (including phenoxy) is 1. The molecule has 6 nitrogen and oxygen atoms in total. The number of anilines is 1. The van der Waals surface area contributed by atoms with E-state index >= 15 is 0 Å². The van der Waals surface area contributed by atoms with Crippen molar-refractivity contribution in [1.82, 2.24) is 14.7 Å². The first-order valence-corrected chi connectivity index (χ1v) is 13.4. The van der Waals surface area contributed by atoms with E-state index in [9.17, 15) is 4.79 Å². The first kappa shape index (κ1) is 26.9. The third-order valence-electron chi connectivity index (χ3n) is 4.99. The van der Waals surface area contributed by atoms with Crippen molar-refractivity contribution in [1.29, 1.82) is 0 Å². The molecule has 1 amide bonds. The van der Waals surface area contributed by atoms with Gasteiger partial charge in [0.2, 0.25) is 17.7 Å². The van der Waals surface area contributed by atoms with Gasteiger partial charge in [-0.3, -0.25) is 9.52 Å². The molecule has 1 atom stereocenters. The highest BCUT2D eigenvalue weighted by Gasteiger charge is 2.24. The number of aromatic nitrogens is 2. The SMILES string of the molecule is CCCCCCCCCC(=O)NSC(CCCCC)c1c(OC)nc(N)nc1SC. The number of nitrogens with one attached hydrogen (secondary N) is 1. The smallest absolute Gasteiger partial charge is 0.229 e. The van der Waals surface area contributed by atoms with E-state index < -0.39 is 0 Å². The van der Waals surface area contributed by atoms with E-state index in [1.165, 1.54) is 55.8 Å². The highest BCUT2D eigenvalue weighted by atomic mass is 32.2. The Hall–Kier alpha value is -1.15. The molecule has 1 heterocycles. The molecule has 0 radical (unpaired) electrons. The molecular formula is C22H40N4O2S2. The van der Waals surface area contributed by atoms with Gasteiger partial charge in [-0.15, -0.1) is 11.8 Å². The zero-order chi connectivity index (χ0) is 22.2. The molecule has 3 N–H and O–H groups in total. The molecule has 30 heavy (non-hydrogen) atoms. The lowest BCUT2D eigenvalue weighted by Crippen LogP contribution is -2.18. The van der Waals surface area contributed by atoms with Crippen molar-refractivity contribution in [2.75, 3.05) is 19.1 Å². The molecule has 1 aromatic rings. The van der Waals surface area contributed by atoms with Crippen molar-refractivity contribution >= 4 is 35.6 Å². The predicted octanol–water partition coefficient (Wildman–Crippen LogP) is 6.32. The zero-order valence-electron chi connectivity index (χ0n) is 19.2. The fourth-order valence-electron chi connectivity index (χ4n) is 3.30. The fraction of sp³-hybridized carbons (Fsp3) is 0.773. The minimum atomic E-state index is 0.0348. The molecule has 1 rings (SSSR count). The molecule has 0 saturated carbocycles. The minimum absolute atomic E-state index is 0.0348. The Morgan fingerprint density at radius 3 is 2.30 bits per heavy atom. The van der Waals surface area contributed by atoms with Crippen LogP contribution in [0.4, 0.5) is 5.95 Å². The quantitative estimate of drug-likeness (QED) is 0.123. The summed E-state index contributed by atoms with van der Waals surface area (Å²) < 4.78 is 8.57. The van der Waals surface area contributed by atoms with Crippen molar-refractivity contribution < 1.29 is 9.53 Å². The van der Waals surface area contributed by atoms with Crippen LogP contribution in [0.1, 0.15) is 102 Å². The van der Waals surface area contributed by atoms with E-state index in [1.807, 2.05) is 6.26 Å². The minimum Gasteiger partial charge on any atom is -0.481 e. The number of nitrogens with two attached hydrogens (primary N) is 1. The molecule has 0 aliphatic rings. The second-order valence-electron chi connectivity index (χ2n) is 7.51. The van der Waals surface area contributed by atoms with Crippen LogP contribution in [-0.4, -0.2) is 29.2 Å². The Kier molecular flexibility index (Phi) is 14.8. The Bertz CT molecular complexity index is 592. The van der Waals surface area contributed by atoms with Gasteiger partial charge in [-0.2, -0.15) is 4.98 Å². The number of carbonyl (C=O) groups is 1. The number of hydrogen-bond acceptors (Lipinski definition) is 7. The van der Waals surface area contributed by atoms with Crippen LogP contribution < -0.4 is 15.2 Å². The summed E-state index contributed by atoms with van der Waals surface area (Å²) in [6.07, 6.45) is 15.3. The lowest BCUT2D eigenvalue weighted by atomic mass is 10.1. The van der Waals surface area contributed by atoms with Gasteiger partial charge in [0.15, 0.2) is 0 Å². The van der Waals surface area contributed by atoms with Gasteiger partial charge in [0, 0.05) is 6.42 Å². The van der Waals surface area contributed by atoms with Gasteiger partial charge in [0.25, 0.3) is 0 Å². The monoisotopic (exact) mass is 456 g/mol. The Labute approximate surface area is 191 Å². The van der Waals surface area contributed by atoms with Gasteiger partial charge in [-0.25, -0.2) is 4.98 Å². The first-order chi connectivity index (χ1) is 14.6. The van der Waals surface area contributed by atoms with Crippen LogP contribution in [0.3, 0.4) is 0 Å². The molecular weight excluding hydrogens is 416 g/mol. The van der Waals surface area contributed by atoms with Gasteiger partial charge >= 0.3 is 0 Å². The number of thioether (sulfide) groups is 1. The highest BCUT2D eigenvalue weighted by Crippen LogP contribution is 2.41. The zero-order valence-corrected chi connectivity index (χ0v) is 20.8. The summed E-state index contributed by atoms with van der Waals surface area (Å²) in [4.78, 5) is 21.1. The third kappa shape index (κ3) is 10.2. The summed E-state index contributed by atoms with van der Waals surface area (Å²) in [5.41, 5.74) is 6.76. The molecule has 8 heteroatoms. The van der Waals surface area contributed by atoms with Crippen molar-refractivity contribution in [3.05, 3.63) is 5.56 Å². The number of hydrogen-bond donors (Lipinski definition) is 2.